The van der Waals surface area contributed by atoms with Gasteiger partial charge in [0.05, 0.1) is 10.7 Å². The first kappa shape index (κ1) is 12.1. The second kappa shape index (κ2) is 5.23. The summed E-state index contributed by atoms with van der Waals surface area (Å²) in [5.41, 5.74) is 6.32. The van der Waals surface area contributed by atoms with Crippen LogP contribution in [0.4, 0.5) is 0 Å². The van der Waals surface area contributed by atoms with E-state index in [0.717, 1.165) is 17.1 Å². The SMILES string of the molecule is CCC(CN)NC(=O)c1sc(C)nc1C. The van der Waals surface area contributed by atoms with Gasteiger partial charge in [0.25, 0.3) is 5.91 Å². The van der Waals surface area contributed by atoms with Crippen molar-refractivity contribution in [2.45, 2.75) is 33.2 Å². The highest BCUT2D eigenvalue weighted by atomic mass is 32.1. The zero-order valence-electron chi connectivity index (χ0n) is 9.33. The molecule has 4 nitrogen and oxygen atoms in total. The van der Waals surface area contributed by atoms with Crippen molar-refractivity contribution in [1.82, 2.24) is 10.3 Å². The number of carbonyl (C=O) groups excluding carboxylic acids is 1. The minimum Gasteiger partial charge on any atom is -0.347 e. The van der Waals surface area contributed by atoms with Gasteiger partial charge in [0.1, 0.15) is 4.88 Å². The van der Waals surface area contributed by atoms with Crippen molar-refractivity contribution < 1.29 is 4.79 Å². The van der Waals surface area contributed by atoms with E-state index in [-0.39, 0.29) is 11.9 Å². The van der Waals surface area contributed by atoms with Crippen LogP contribution in [0.1, 0.15) is 33.7 Å². The first-order valence-electron chi connectivity index (χ1n) is 5.03. The predicted octanol–water partition coefficient (Wildman–Crippen LogP) is 1.23. The van der Waals surface area contributed by atoms with E-state index >= 15 is 0 Å². The van der Waals surface area contributed by atoms with E-state index in [2.05, 4.69) is 10.3 Å². The Kier molecular flexibility index (Phi) is 4.23. The number of nitrogens with one attached hydrogen (secondary N) is 1. The average molecular weight is 227 g/mol. The summed E-state index contributed by atoms with van der Waals surface area (Å²) in [4.78, 5) is 16.7. The molecule has 1 unspecified atom stereocenters. The second-order valence-corrected chi connectivity index (χ2v) is 4.66. The predicted molar refractivity (Wildman–Crippen MR) is 62.2 cm³/mol. The summed E-state index contributed by atoms with van der Waals surface area (Å²) in [5.74, 6) is -0.0598. The fraction of sp³-hybridized carbons (Fsp3) is 0.600. The Hall–Kier alpha value is -0.940. The van der Waals surface area contributed by atoms with Gasteiger partial charge in [0.2, 0.25) is 0 Å². The van der Waals surface area contributed by atoms with Crippen molar-refractivity contribution in [3.63, 3.8) is 0 Å². The molecule has 1 amide bonds. The molecule has 0 aliphatic heterocycles. The third kappa shape index (κ3) is 3.00. The number of thiazole rings is 1. The van der Waals surface area contributed by atoms with Crippen LogP contribution >= 0.6 is 11.3 Å². The maximum Gasteiger partial charge on any atom is 0.263 e. The lowest BCUT2D eigenvalue weighted by Crippen LogP contribution is -2.39. The van der Waals surface area contributed by atoms with Gasteiger partial charge in [0, 0.05) is 12.6 Å². The number of aryl methyl sites for hydroxylation is 2. The molecule has 84 valence electrons. The largest absolute Gasteiger partial charge is 0.347 e. The highest BCUT2D eigenvalue weighted by Crippen LogP contribution is 2.16. The molecule has 0 aliphatic rings. The topological polar surface area (TPSA) is 68.0 Å². The lowest BCUT2D eigenvalue weighted by molar-refractivity contribution is 0.0940. The van der Waals surface area contributed by atoms with Crippen LogP contribution in [0.2, 0.25) is 0 Å². The maximum atomic E-state index is 11.8. The molecule has 0 spiro atoms. The molecule has 1 rings (SSSR count). The zero-order chi connectivity index (χ0) is 11.4. The molecule has 0 saturated heterocycles. The smallest absolute Gasteiger partial charge is 0.263 e. The lowest BCUT2D eigenvalue weighted by atomic mass is 10.2. The minimum atomic E-state index is -0.0598. The molecule has 0 bridgehead atoms. The summed E-state index contributed by atoms with van der Waals surface area (Å²) in [6, 6.07) is 0.0549. The standard InChI is InChI=1S/C10H17N3OS/c1-4-8(5-11)13-10(14)9-6(2)12-7(3)15-9/h8H,4-5,11H2,1-3H3,(H,13,14). The molecule has 1 aromatic rings. The molecular formula is C10H17N3OS. The van der Waals surface area contributed by atoms with Gasteiger partial charge in [-0.05, 0) is 20.3 Å². The Morgan fingerprint density at radius 1 is 1.60 bits per heavy atom. The lowest BCUT2D eigenvalue weighted by Gasteiger charge is -2.13. The van der Waals surface area contributed by atoms with E-state index in [9.17, 15) is 4.79 Å². The van der Waals surface area contributed by atoms with Crippen molar-refractivity contribution >= 4 is 17.2 Å². The molecule has 5 heteroatoms. The summed E-state index contributed by atoms with van der Waals surface area (Å²) < 4.78 is 0. The average Bonchev–Trinajstić information content (AvgIpc) is 2.54. The maximum absolute atomic E-state index is 11.8. The van der Waals surface area contributed by atoms with E-state index < -0.39 is 0 Å². The van der Waals surface area contributed by atoms with Crippen LogP contribution in [0.3, 0.4) is 0 Å². The quantitative estimate of drug-likeness (QED) is 0.813. The fourth-order valence-corrected chi connectivity index (χ4v) is 2.14. The summed E-state index contributed by atoms with van der Waals surface area (Å²) >= 11 is 1.42. The summed E-state index contributed by atoms with van der Waals surface area (Å²) in [7, 11) is 0. The Morgan fingerprint density at radius 2 is 2.27 bits per heavy atom. The number of aromatic nitrogens is 1. The fourth-order valence-electron chi connectivity index (χ4n) is 1.32. The molecule has 3 N–H and O–H groups in total. The Labute approximate surface area is 93.9 Å². The van der Waals surface area contributed by atoms with Gasteiger partial charge < -0.3 is 11.1 Å². The molecule has 15 heavy (non-hydrogen) atoms. The monoisotopic (exact) mass is 227 g/mol. The van der Waals surface area contributed by atoms with Crippen molar-refractivity contribution in [2.75, 3.05) is 6.54 Å². The first-order valence-corrected chi connectivity index (χ1v) is 5.85. The number of nitrogens with zero attached hydrogens (tertiary/aromatic N) is 1. The van der Waals surface area contributed by atoms with Gasteiger partial charge in [-0.3, -0.25) is 4.79 Å². The molecule has 1 atom stereocenters. The van der Waals surface area contributed by atoms with Gasteiger partial charge >= 0.3 is 0 Å². The number of amides is 1. The third-order valence-corrected chi connectivity index (χ3v) is 3.29. The second-order valence-electron chi connectivity index (χ2n) is 3.46. The van der Waals surface area contributed by atoms with Crippen LogP contribution in [-0.4, -0.2) is 23.5 Å². The summed E-state index contributed by atoms with van der Waals surface area (Å²) in [6.45, 7) is 6.22. The molecule has 0 radical (unpaired) electrons. The van der Waals surface area contributed by atoms with E-state index in [1.165, 1.54) is 11.3 Å². The number of nitrogens with two attached hydrogens (primary N) is 1. The van der Waals surface area contributed by atoms with E-state index in [1.54, 1.807) is 0 Å². The Bertz CT molecular complexity index is 344. The number of rotatable bonds is 4. The number of hydrogen-bond donors (Lipinski definition) is 2. The van der Waals surface area contributed by atoms with Crippen LogP contribution in [-0.2, 0) is 0 Å². The molecule has 0 aromatic carbocycles. The van der Waals surface area contributed by atoms with Crippen molar-refractivity contribution in [1.29, 1.82) is 0 Å². The normalized spacial score (nSPS) is 12.5. The summed E-state index contributed by atoms with van der Waals surface area (Å²) in [6.07, 6.45) is 0.846. The first-order chi connectivity index (χ1) is 7.08. The molecule has 0 saturated carbocycles. The molecule has 1 heterocycles. The van der Waals surface area contributed by atoms with Gasteiger partial charge in [-0.1, -0.05) is 6.92 Å². The van der Waals surface area contributed by atoms with Gasteiger partial charge in [-0.15, -0.1) is 11.3 Å². The van der Waals surface area contributed by atoms with Crippen LogP contribution in [0.25, 0.3) is 0 Å². The third-order valence-electron chi connectivity index (χ3n) is 2.22. The van der Waals surface area contributed by atoms with Crippen LogP contribution in [0, 0.1) is 13.8 Å². The highest BCUT2D eigenvalue weighted by Gasteiger charge is 2.16. The van der Waals surface area contributed by atoms with Crippen molar-refractivity contribution in [3.8, 4) is 0 Å². The molecule has 0 fully saturated rings. The van der Waals surface area contributed by atoms with Gasteiger partial charge in [0.15, 0.2) is 0 Å². The van der Waals surface area contributed by atoms with Crippen LogP contribution in [0.15, 0.2) is 0 Å². The number of carbonyl (C=O) groups is 1. The van der Waals surface area contributed by atoms with Gasteiger partial charge in [-0.25, -0.2) is 4.98 Å². The van der Waals surface area contributed by atoms with Crippen molar-refractivity contribution in [3.05, 3.63) is 15.6 Å². The van der Waals surface area contributed by atoms with Crippen LogP contribution in [0.5, 0.6) is 0 Å². The van der Waals surface area contributed by atoms with E-state index in [4.69, 9.17) is 5.73 Å². The highest BCUT2D eigenvalue weighted by molar-refractivity contribution is 7.13. The molecule has 1 aromatic heterocycles. The van der Waals surface area contributed by atoms with Crippen molar-refractivity contribution in [2.24, 2.45) is 5.73 Å². The number of hydrogen-bond acceptors (Lipinski definition) is 4. The van der Waals surface area contributed by atoms with E-state index in [1.807, 2.05) is 20.8 Å². The Balaban J connectivity index is 2.72. The Morgan fingerprint density at radius 3 is 2.67 bits per heavy atom. The molecule has 0 aliphatic carbocycles. The van der Waals surface area contributed by atoms with Crippen LogP contribution < -0.4 is 11.1 Å². The van der Waals surface area contributed by atoms with E-state index in [0.29, 0.717) is 11.4 Å². The zero-order valence-corrected chi connectivity index (χ0v) is 10.1. The molecular weight excluding hydrogens is 210 g/mol. The minimum absolute atomic E-state index is 0.0549. The summed E-state index contributed by atoms with van der Waals surface area (Å²) in [5, 5.41) is 3.81. The van der Waals surface area contributed by atoms with Gasteiger partial charge in [-0.2, -0.15) is 0 Å².